The fourth-order valence-electron chi connectivity index (χ4n) is 2.91. The van der Waals surface area contributed by atoms with Crippen molar-refractivity contribution in [2.24, 2.45) is 0 Å². The third-order valence-corrected chi connectivity index (χ3v) is 5.44. The Kier molecular flexibility index (Phi) is 22.1. The molecular formula is C21H40NNaO4S. The molecule has 0 aliphatic rings. The molecule has 0 aromatic heterocycles. The summed E-state index contributed by atoms with van der Waals surface area (Å²) in [4.78, 5) is 13.2. The number of amides is 1. The molecule has 0 unspecified atom stereocenters. The molecule has 1 amide bonds. The Morgan fingerprint density at radius 1 is 0.857 bits per heavy atom. The van der Waals surface area contributed by atoms with E-state index in [2.05, 4.69) is 19.1 Å². The zero-order valence-electron chi connectivity index (χ0n) is 18.5. The second kappa shape index (κ2) is 20.4. The number of rotatable bonds is 18. The molecule has 0 bridgehead atoms. The van der Waals surface area contributed by atoms with E-state index in [1.807, 2.05) is 0 Å². The van der Waals surface area contributed by atoms with E-state index in [-0.39, 0.29) is 42.0 Å². The number of unbranched alkanes of at least 4 members (excludes halogenated alkanes) is 11. The van der Waals surface area contributed by atoms with Crippen LogP contribution < -0.4 is 29.6 Å². The van der Waals surface area contributed by atoms with Crippen LogP contribution in [-0.2, 0) is 14.9 Å². The van der Waals surface area contributed by atoms with Crippen LogP contribution in [0.25, 0.3) is 0 Å². The number of carbonyl (C=O) groups excluding carboxylic acids is 1. The van der Waals surface area contributed by atoms with E-state index >= 15 is 0 Å². The minimum absolute atomic E-state index is 0. The van der Waals surface area contributed by atoms with E-state index < -0.39 is 15.9 Å². The first-order chi connectivity index (χ1) is 12.9. The fourth-order valence-corrected chi connectivity index (χ4v) is 3.41. The van der Waals surface area contributed by atoms with Gasteiger partial charge in [-0.25, -0.2) is 8.42 Å². The number of hydrogen-bond donors (Lipinski definition) is 0. The molecule has 5 nitrogen and oxygen atoms in total. The van der Waals surface area contributed by atoms with Crippen molar-refractivity contribution >= 4 is 16.0 Å². The van der Waals surface area contributed by atoms with Gasteiger partial charge in [0.25, 0.3) is 0 Å². The van der Waals surface area contributed by atoms with Crippen LogP contribution in [0.2, 0.25) is 0 Å². The molecule has 0 aliphatic heterocycles. The first-order valence-corrected chi connectivity index (χ1v) is 12.3. The maximum atomic E-state index is 11.8. The van der Waals surface area contributed by atoms with Gasteiger partial charge < -0.3 is 9.45 Å². The second-order valence-electron chi connectivity index (χ2n) is 7.41. The van der Waals surface area contributed by atoms with Crippen molar-refractivity contribution in [3.8, 4) is 0 Å². The molecular weight excluding hydrogens is 385 g/mol. The summed E-state index contributed by atoms with van der Waals surface area (Å²) in [5.41, 5.74) is 0. The smallest absolute Gasteiger partial charge is 0.748 e. The summed E-state index contributed by atoms with van der Waals surface area (Å²) in [6, 6.07) is 0. The van der Waals surface area contributed by atoms with Gasteiger partial charge in [0.05, 0.1) is 15.9 Å². The van der Waals surface area contributed by atoms with E-state index in [1.54, 1.807) is 7.05 Å². The molecule has 0 aromatic carbocycles. The zero-order valence-corrected chi connectivity index (χ0v) is 21.3. The molecule has 0 radical (unpaired) electrons. The third kappa shape index (κ3) is 22.4. The predicted octanol–water partition coefficient (Wildman–Crippen LogP) is 2.03. The van der Waals surface area contributed by atoms with Gasteiger partial charge in [-0.1, -0.05) is 70.4 Å². The molecule has 0 saturated heterocycles. The van der Waals surface area contributed by atoms with Gasteiger partial charge in [0.15, 0.2) is 0 Å². The van der Waals surface area contributed by atoms with Crippen molar-refractivity contribution in [3.63, 3.8) is 0 Å². The molecule has 0 rings (SSSR count). The average molecular weight is 426 g/mol. The van der Waals surface area contributed by atoms with Gasteiger partial charge in [-0.3, -0.25) is 4.79 Å². The molecule has 28 heavy (non-hydrogen) atoms. The SMILES string of the molecule is CCCCCCCCC=CCCCCCCCC(=O)N(C)CCS(=O)(=O)[O-].[Na+]. The van der Waals surface area contributed by atoms with Gasteiger partial charge in [-0.15, -0.1) is 0 Å². The van der Waals surface area contributed by atoms with Crippen molar-refractivity contribution in [2.45, 2.75) is 96.8 Å². The largest absolute Gasteiger partial charge is 1.00 e. The van der Waals surface area contributed by atoms with Gasteiger partial charge in [0.2, 0.25) is 5.91 Å². The van der Waals surface area contributed by atoms with Crippen LogP contribution in [0.3, 0.4) is 0 Å². The van der Waals surface area contributed by atoms with Crippen LogP contribution in [0.15, 0.2) is 12.2 Å². The summed E-state index contributed by atoms with van der Waals surface area (Å²) < 4.78 is 31.7. The van der Waals surface area contributed by atoms with Gasteiger partial charge in [0, 0.05) is 20.0 Å². The minimum Gasteiger partial charge on any atom is -0.748 e. The predicted molar refractivity (Wildman–Crippen MR) is 112 cm³/mol. The molecule has 0 atom stereocenters. The van der Waals surface area contributed by atoms with Gasteiger partial charge in [-0.2, -0.15) is 0 Å². The summed E-state index contributed by atoms with van der Waals surface area (Å²) in [6.07, 6.45) is 20.8. The van der Waals surface area contributed by atoms with Crippen LogP contribution in [0.4, 0.5) is 0 Å². The standard InChI is InChI=1S/C21H41NO4S.Na/c1-3-4-5-6-7-8-9-10-11-12-13-14-15-16-17-18-21(23)22(2)19-20-27(24,25)26;/h10-11H,3-9,12-20H2,1-2H3,(H,24,25,26);/q;+1/p-1. The molecule has 7 heteroatoms. The summed E-state index contributed by atoms with van der Waals surface area (Å²) in [6.45, 7) is 2.23. The maximum Gasteiger partial charge on any atom is 1.00 e. The van der Waals surface area contributed by atoms with Gasteiger partial charge >= 0.3 is 29.6 Å². The topological polar surface area (TPSA) is 77.5 Å². The monoisotopic (exact) mass is 425 g/mol. The van der Waals surface area contributed by atoms with Crippen LogP contribution in [0.5, 0.6) is 0 Å². The number of carbonyl (C=O) groups is 1. The Labute approximate surface area is 195 Å². The quantitative estimate of drug-likeness (QED) is 0.146. The molecule has 160 valence electrons. The van der Waals surface area contributed by atoms with E-state index in [4.69, 9.17) is 0 Å². The van der Waals surface area contributed by atoms with Crippen molar-refractivity contribution in [2.75, 3.05) is 19.3 Å². The molecule has 0 aliphatic carbocycles. The van der Waals surface area contributed by atoms with Crippen LogP contribution >= 0.6 is 0 Å². The number of nitrogens with zero attached hydrogens (tertiary/aromatic N) is 1. The van der Waals surface area contributed by atoms with Crippen LogP contribution in [0.1, 0.15) is 96.8 Å². The van der Waals surface area contributed by atoms with E-state index in [1.165, 1.54) is 62.7 Å². The fraction of sp³-hybridized carbons (Fsp3) is 0.857. The normalized spacial score (nSPS) is 11.5. The molecule has 0 fully saturated rings. The van der Waals surface area contributed by atoms with Crippen molar-refractivity contribution in [1.29, 1.82) is 0 Å². The zero-order chi connectivity index (χ0) is 20.4. The number of hydrogen-bond acceptors (Lipinski definition) is 4. The Balaban J connectivity index is 0. The molecule has 0 aromatic rings. The molecule has 0 spiro atoms. The summed E-state index contributed by atoms with van der Waals surface area (Å²) in [5.74, 6) is -0.599. The molecule has 0 heterocycles. The Hall–Kier alpha value is 0.120. The third-order valence-electron chi connectivity index (χ3n) is 4.75. The first-order valence-electron chi connectivity index (χ1n) is 10.7. The Morgan fingerprint density at radius 2 is 1.32 bits per heavy atom. The maximum absolute atomic E-state index is 11.8. The van der Waals surface area contributed by atoms with Crippen LogP contribution in [-0.4, -0.2) is 43.1 Å². The first kappa shape index (κ1) is 30.3. The van der Waals surface area contributed by atoms with Crippen molar-refractivity contribution in [1.82, 2.24) is 4.90 Å². The van der Waals surface area contributed by atoms with Crippen molar-refractivity contribution < 1.29 is 47.3 Å². The molecule has 0 N–H and O–H groups in total. The Morgan fingerprint density at radius 3 is 1.82 bits per heavy atom. The average Bonchev–Trinajstić information content (AvgIpc) is 2.62. The summed E-state index contributed by atoms with van der Waals surface area (Å²) in [5, 5.41) is 0. The minimum atomic E-state index is -4.25. The number of allylic oxidation sites excluding steroid dienone is 2. The summed E-state index contributed by atoms with van der Waals surface area (Å²) >= 11 is 0. The van der Waals surface area contributed by atoms with Gasteiger partial charge in [-0.05, 0) is 32.1 Å². The molecule has 0 saturated carbocycles. The van der Waals surface area contributed by atoms with E-state index in [9.17, 15) is 17.8 Å². The van der Waals surface area contributed by atoms with E-state index in [0.717, 1.165) is 25.7 Å². The summed E-state index contributed by atoms with van der Waals surface area (Å²) in [7, 11) is -2.71. The van der Waals surface area contributed by atoms with Gasteiger partial charge in [0.1, 0.15) is 0 Å². The van der Waals surface area contributed by atoms with Crippen molar-refractivity contribution in [3.05, 3.63) is 12.2 Å². The van der Waals surface area contributed by atoms with E-state index in [0.29, 0.717) is 6.42 Å². The second-order valence-corrected chi connectivity index (χ2v) is 8.93. The van der Waals surface area contributed by atoms with Crippen LogP contribution in [0, 0.1) is 0 Å². The Bertz CT molecular complexity index is 495.